The maximum Gasteiger partial charge on any atom is 0.335 e. The van der Waals surface area contributed by atoms with E-state index in [1.54, 1.807) is 12.1 Å². The molecule has 0 aromatic heterocycles. The number of carbonyl (C=O) groups is 1. The van der Waals surface area contributed by atoms with E-state index < -0.39 is 5.97 Å². The summed E-state index contributed by atoms with van der Waals surface area (Å²) in [6.07, 6.45) is 4.58. The fourth-order valence-corrected chi connectivity index (χ4v) is 3.70. The molecule has 144 valence electrons. The Kier molecular flexibility index (Phi) is 5.70. The van der Waals surface area contributed by atoms with Gasteiger partial charge >= 0.3 is 5.97 Å². The average Bonchev–Trinajstić information content (AvgIpc) is 2.58. The van der Waals surface area contributed by atoms with Crippen LogP contribution < -0.4 is 0 Å². The van der Waals surface area contributed by atoms with Crippen LogP contribution in [0, 0.1) is 10.8 Å². The number of carboxylic acid groups (broad SMARTS) is 1. The van der Waals surface area contributed by atoms with E-state index in [4.69, 9.17) is 5.11 Å². The monoisotopic (exact) mass is 364 g/mol. The van der Waals surface area contributed by atoms with Gasteiger partial charge in [-0.2, -0.15) is 0 Å². The van der Waals surface area contributed by atoms with E-state index in [1.807, 2.05) is 19.1 Å². The number of carboxylic acids is 1. The molecule has 1 aromatic rings. The van der Waals surface area contributed by atoms with Gasteiger partial charge in [-0.05, 0) is 71.9 Å². The van der Waals surface area contributed by atoms with E-state index >= 15 is 0 Å². The van der Waals surface area contributed by atoms with Crippen LogP contribution in [-0.2, 0) is 0 Å². The first kappa shape index (κ1) is 21.0. The molecule has 0 heterocycles. The van der Waals surface area contributed by atoms with E-state index in [0.29, 0.717) is 0 Å². The van der Waals surface area contributed by atoms with E-state index in [-0.39, 0.29) is 16.4 Å². The number of hydrogen-bond acceptors (Lipinski definition) is 1. The van der Waals surface area contributed by atoms with E-state index in [1.165, 1.54) is 17.6 Å². The molecular formula is C25H32O2. The summed E-state index contributed by atoms with van der Waals surface area (Å²) < 4.78 is 0. The quantitative estimate of drug-likeness (QED) is 0.568. The largest absolute Gasteiger partial charge is 0.478 e. The molecule has 2 rings (SSSR count). The van der Waals surface area contributed by atoms with E-state index in [2.05, 4.69) is 53.9 Å². The summed E-state index contributed by atoms with van der Waals surface area (Å²) in [4.78, 5) is 11.1. The Morgan fingerprint density at radius 3 is 1.96 bits per heavy atom. The van der Waals surface area contributed by atoms with Crippen LogP contribution in [0.2, 0.25) is 0 Å². The molecule has 0 saturated carbocycles. The van der Waals surface area contributed by atoms with Gasteiger partial charge in [-0.15, -0.1) is 0 Å². The molecule has 0 amide bonds. The predicted octanol–water partition coefficient (Wildman–Crippen LogP) is 7.06. The molecule has 1 N–H and O–H groups in total. The van der Waals surface area contributed by atoms with Crippen LogP contribution in [0.1, 0.15) is 70.3 Å². The normalized spacial score (nSPS) is 19.0. The van der Waals surface area contributed by atoms with Crippen LogP contribution in [0.15, 0.2) is 65.8 Å². The smallest absolute Gasteiger partial charge is 0.335 e. The summed E-state index contributed by atoms with van der Waals surface area (Å²) in [6, 6.07) is 6.88. The standard InChI is InChI=1S/C25H32O2/c1-16(2)21(17(3)19-9-11-20(12-10-19)23(26)27)15-22-18(4)24(5,6)13-14-25(22,7)8/h9-12,15H,1,3,13-14H2,2,4-8H3,(H,26,27)/b21-15+. The summed E-state index contributed by atoms with van der Waals surface area (Å²) in [5.41, 5.74) is 7.13. The summed E-state index contributed by atoms with van der Waals surface area (Å²) in [5, 5.41) is 9.11. The van der Waals surface area contributed by atoms with Crippen molar-refractivity contribution in [2.45, 2.75) is 54.4 Å². The van der Waals surface area contributed by atoms with Crippen molar-refractivity contribution >= 4 is 11.5 Å². The summed E-state index contributed by atoms with van der Waals surface area (Å²) >= 11 is 0. The van der Waals surface area contributed by atoms with Gasteiger partial charge < -0.3 is 5.11 Å². The van der Waals surface area contributed by atoms with E-state index in [9.17, 15) is 4.79 Å². The van der Waals surface area contributed by atoms with Gasteiger partial charge in [0.2, 0.25) is 0 Å². The topological polar surface area (TPSA) is 37.3 Å². The van der Waals surface area contributed by atoms with Crippen LogP contribution in [0.3, 0.4) is 0 Å². The molecule has 0 unspecified atom stereocenters. The van der Waals surface area contributed by atoms with Crippen LogP contribution in [0.4, 0.5) is 0 Å². The van der Waals surface area contributed by atoms with Crippen LogP contribution in [0.25, 0.3) is 5.57 Å². The first-order chi connectivity index (χ1) is 12.4. The van der Waals surface area contributed by atoms with Crippen molar-refractivity contribution in [3.05, 3.63) is 76.9 Å². The van der Waals surface area contributed by atoms with Gasteiger partial charge in [-0.3, -0.25) is 0 Å². The Hall–Kier alpha value is -2.35. The minimum atomic E-state index is -0.921. The third-order valence-corrected chi connectivity index (χ3v) is 6.08. The van der Waals surface area contributed by atoms with Gasteiger partial charge in [0, 0.05) is 0 Å². The molecule has 0 atom stereocenters. The number of benzene rings is 1. The minimum absolute atomic E-state index is 0.105. The van der Waals surface area contributed by atoms with Crippen molar-refractivity contribution in [3.8, 4) is 0 Å². The molecule has 1 aromatic carbocycles. The fraction of sp³-hybridized carbons (Fsp3) is 0.400. The maximum absolute atomic E-state index is 11.1. The maximum atomic E-state index is 11.1. The molecule has 27 heavy (non-hydrogen) atoms. The number of hydrogen-bond donors (Lipinski definition) is 1. The highest BCUT2D eigenvalue weighted by Crippen LogP contribution is 2.49. The molecule has 1 aliphatic carbocycles. The van der Waals surface area contributed by atoms with Gasteiger partial charge in [-0.1, -0.05) is 70.2 Å². The Morgan fingerprint density at radius 1 is 1.00 bits per heavy atom. The molecule has 0 fully saturated rings. The second-order valence-corrected chi connectivity index (χ2v) is 9.01. The molecule has 0 saturated heterocycles. The lowest BCUT2D eigenvalue weighted by Gasteiger charge is -2.42. The molecule has 2 heteroatoms. The van der Waals surface area contributed by atoms with E-state index in [0.717, 1.165) is 28.7 Å². The Balaban J connectivity index is 2.54. The van der Waals surface area contributed by atoms with Gasteiger partial charge in [0.1, 0.15) is 0 Å². The summed E-state index contributed by atoms with van der Waals surface area (Å²) in [6.45, 7) is 21.9. The highest BCUT2D eigenvalue weighted by Gasteiger charge is 2.36. The zero-order valence-corrected chi connectivity index (χ0v) is 17.6. The second kappa shape index (κ2) is 7.34. The second-order valence-electron chi connectivity index (χ2n) is 9.01. The van der Waals surface area contributed by atoms with Crippen LogP contribution >= 0.6 is 0 Å². The predicted molar refractivity (Wildman–Crippen MR) is 115 cm³/mol. The molecule has 1 aliphatic rings. The van der Waals surface area contributed by atoms with Crippen LogP contribution in [-0.4, -0.2) is 11.1 Å². The lowest BCUT2D eigenvalue weighted by atomic mass is 9.63. The molecule has 2 nitrogen and oxygen atoms in total. The van der Waals surface area contributed by atoms with Gasteiger partial charge in [0.15, 0.2) is 0 Å². The van der Waals surface area contributed by atoms with Crippen molar-refractivity contribution in [2.75, 3.05) is 0 Å². The minimum Gasteiger partial charge on any atom is -0.478 e. The van der Waals surface area contributed by atoms with Crippen LogP contribution in [0.5, 0.6) is 0 Å². The van der Waals surface area contributed by atoms with Gasteiger partial charge in [-0.25, -0.2) is 4.79 Å². The SMILES string of the molecule is C=C(C)/C(=C\C1=C(C)C(C)(C)CCC1(C)C)C(=C)c1ccc(C(=O)O)cc1. The van der Waals surface area contributed by atoms with Crippen molar-refractivity contribution in [2.24, 2.45) is 10.8 Å². The first-order valence-corrected chi connectivity index (χ1v) is 9.49. The Labute approximate surface area is 164 Å². The molecule has 0 aliphatic heterocycles. The first-order valence-electron chi connectivity index (χ1n) is 9.49. The molecule has 0 radical (unpaired) electrons. The Bertz CT molecular complexity index is 843. The van der Waals surface area contributed by atoms with Crippen molar-refractivity contribution in [1.82, 2.24) is 0 Å². The zero-order chi connectivity index (χ0) is 20.6. The number of aromatic carboxylic acids is 1. The molecule has 0 bridgehead atoms. The lowest BCUT2D eigenvalue weighted by Crippen LogP contribution is -2.29. The third kappa shape index (κ3) is 4.32. The van der Waals surface area contributed by atoms with Gasteiger partial charge in [0.05, 0.1) is 5.56 Å². The van der Waals surface area contributed by atoms with Crippen molar-refractivity contribution < 1.29 is 9.90 Å². The molecule has 0 spiro atoms. The fourth-order valence-electron chi connectivity index (χ4n) is 3.70. The highest BCUT2D eigenvalue weighted by atomic mass is 16.4. The zero-order valence-electron chi connectivity index (χ0n) is 17.6. The molecular weight excluding hydrogens is 332 g/mol. The lowest BCUT2D eigenvalue weighted by molar-refractivity contribution is 0.0697. The Morgan fingerprint density at radius 2 is 1.48 bits per heavy atom. The number of rotatable bonds is 5. The van der Waals surface area contributed by atoms with Crippen molar-refractivity contribution in [1.29, 1.82) is 0 Å². The van der Waals surface area contributed by atoms with Crippen molar-refractivity contribution in [3.63, 3.8) is 0 Å². The summed E-state index contributed by atoms with van der Waals surface area (Å²) in [5.74, 6) is -0.921. The third-order valence-electron chi connectivity index (χ3n) is 6.08. The summed E-state index contributed by atoms with van der Waals surface area (Å²) in [7, 11) is 0. The number of allylic oxidation sites excluding steroid dienone is 6. The van der Waals surface area contributed by atoms with Gasteiger partial charge in [0.25, 0.3) is 0 Å². The highest BCUT2D eigenvalue weighted by molar-refractivity contribution is 5.89. The average molecular weight is 365 g/mol.